The van der Waals surface area contributed by atoms with Gasteiger partial charge in [-0.05, 0) is 32.8 Å². The molecule has 0 aromatic carbocycles. The summed E-state index contributed by atoms with van der Waals surface area (Å²) >= 11 is 1.40. The molecule has 3 heterocycles. The number of carbonyl (C=O) groups excluding carboxylic acids is 2. The van der Waals surface area contributed by atoms with Crippen LogP contribution in [0.1, 0.15) is 33.2 Å². The zero-order chi connectivity index (χ0) is 16.0. The van der Waals surface area contributed by atoms with Crippen LogP contribution in [0.2, 0.25) is 0 Å². The molecular formula is C15H18N4O2S. The largest absolute Gasteiger partial charge is 0.369 e. The third-order valence-electron chi connectivity index (χ3n) is 4.15. The number of amides is 2. The number of hydrogen-bond donors (Lipinski definition) is 1. The number of likely N-dealkylation sites (tertiary alicyclic amines) is 1. The molecule has 2 N–H and O–H groups in total. The maximum Gasteiger partial charge on any atom is 0.264 e. The van der Waals surface area contributed by atoms with Gasteiger partial charge in [-0.2, -0.15) is 0 Å². The van der Waals surface area contributed by atoms with Gasteiger partial charge in [0.15, 0.2) is 0 Å². The summed E-state index contributed by atoms with van der Waals surface area (Å²) in [4.78, 5) is 36.1. The van der Waals surface area contributed by atoms with E-state index < -0.39 is 0 Å². The highest BCUT2D eigenvalue weighted by Crippen LogP contribution is 2.33. The van der Waals surface area contributed by atoms with Crippen LogP contribution >= 0.6 is 11.3 Å². The molecule has 3 rings (SSSR count). The number of rotatable bonds is 2. The Balaban J connectivity index is 1.97. The predicted octanol–water partition coefficient (Wildman–Crippen LogP) is 1.56. The summed E-state index contributed by atoms with van der Waals surface area (Å²) in [7, 11) is 0. The normalized spacial score (nSPS) is 18.1. The molecule has 2 amide bonds. The van der Waals surface area contributed by atoms with E-state index in [1.54, 1.807) is 4.90 Å². The van der Waals surface area contributed by atoms with Gasteiger partial charge in [0.05, 0.1) is 10.8 Å². The van der Waals surface area contributed by atoms with Gasteiger partial charge >= 0.3 is 0 Å². The van der Waals surface area contributed by atoms with Gasteiger partial charge in [0.25, 0.3) is 5.91 Å². The monoisotopic (exact) mass is 318 g/mol. The molecule has 1 saturated heterocycles. The van der Waals surface area contributed by atoms with E-state index in [0.29, 0.717) is 30.2 Å². The molecule has 1 fully saturated rings. The lowest BCUT2D eigenvalue weighted by molar-refractivity contribution is -0.121. The number of carbonyl (C=O) groups is 2. The lowest BCUT2D eigenvalue weighted by Crippen LogP contribution is -2.31. The first kappa shape index (κ1) is 14.9. The first-order valence-corrected chi connectivity index (χ1v) is 8.03. The van der Waals surface area contributed by atoms with Crippen molar-refractivity contribution in [2.75, 3.05) is 13.1 Å². The average Bonchev–Trinajstić information content (AvgIpc) is 3.03. The van der Waals surface area contributed by atoms with Crippen LogP contribution in [0.25, 0.3) is 10.2 Å². The van der Waals surface area contributed by atoms with Crippen LogP contribution in [0.3, 0.4) is 0 Å². The van der Waals surface area contributed by atoms with Crippen molar-refractivity contribution < 1.29 is 9.59 Å². The van der Waals surface area contributed by atoms with E-state index in [-0.39, 0.29) is 17.7 Å². The van der Waals surface area contributed by atoms with Crippen molar-refractivity contribution in [2.24, 2.45) is 11.7 Å². The molecule has 0 saturated carbocycles. The second-order valence-electron chi connectivity index (χ2n) is 5.73. The molecule has 2 aromatic rings. The van der Waals surface area contributed by atoms with E-state index in [1.165, 1.54) is 11.3 Å². The molecule has 0 aliphatic carbocycles. The number of thiophene rings is 1. The number of nitrogens with two attached hydrogens (primary N) is 1. The topological polar surface area (TPSA) is 89.2 Å². The number of fused-ring (bicyclic) bond motifs is 1. The number of primary amides is 1. The highest BCUT2D eigenvalue weighted by Gasteiger charge is 2.32. The molecule has 1 atom stereocenters. The van der Waals surface area contributed by atoms with Gasteiger partial charge in [0.1, 0.15) is 10.7 Å². The van der Waals surface area contributed by atoms with Crippen molar-refractivity contribution in [1.82, 2.24) is 14.9 Å². The molecule has 0 radical (unpaired) electrons. The Morgan fingerprint density at radius 1 is 1.27 bits per heavy atom. The van der Waals surface area contributed by atoms with Crippen molar-refractivity contribution in [3.63, 3.8) is 0 Å². The molecule has 116 valence electrons. The maximum absolute atomic E-state index is 12.7. The van der Waals surface area contributed by atoms with Gasteiger partial charge in [0, 0.05) is 24.2 Å². The minimum Gasteiger partial charge on any atom is -0.369 e. The van der Waals surface area contributed by atoms with E-state index in [9.17, 15) is 9.59 Å². The first-order chi connectivity index (χ1) is 10.4. The maximum atomic E-state index is 12.7. The molecule has 1 aliphatic rings. The number of nitrogens with zero attached hydrogens (tertiary/aromatic N) is 3. The minimum absolute atomic E-state index is 0.0405. The number of aromatic nitrogens is 2. The molecule has 0 spiro atoms. The fourth-order valence-corrected chi connectivity index (χ4v) is 4.24. The van der Waals surface area contributed by atoms with Crippen LogP contribution in [-0.2, 0) is 4.79 Å². The smallest absolute Gasteiger partial charge is 0.264 e. The standard InChI is InChI=1S/C15H18N4O2S/c1-7-11-8(2)17-9(3)18-14(11)22-12(7)15(21)19-5-4-10(6-19)13(16)20/h10H,4-6H2,1-3H3,(H2,16,20). The highest BCUT2D eigenvalue weighted by atomic mass is 32.1. The van der Waals surface area contributed by atoms with Crippen molar-refractivity contribution in [1.29, 1.82) is 0 Å². The lowest BCUT2D eigenvalue weighted by Gasteiger charge is -2.15. The third kappa shape index (κ3) is 2.35. The van der Waals surface area contributed by atoms with Crippen molar-refractivity contribution in [2.45, 2.75) is 27.2 Å². The Kier molecular flexibility index (Phi) is 3.60. The van der Waals surface area contributed by atoms with Crippen molar-refractivity contribution in [3.8, 4) is 0 Å². The Bertz CT molecular complexity index is 783. The van der Waals surface area contributed by atoms with E-state index in [4.69, 9.17) is 5.73 Å². The van der Waals surface area contributed by atoms with E-state index in [1.807, 2.05) is 20.8 Å². The summed E-state index contributed by atoms with van der Waals surface area (Å²) in [5.74, 6) is 0.102. The van der Waals surface area contributed by atoms with Crippen LogP contribution in [0.4, 0.5) is 0 Å². The van der Waals surface area contributed by atoms with Gasteiger partial charge in [-0.25, -0.2) is 9.97 Å². The molecule has 22 heavy (non-hydrogen) atoms. The first-order valence-electron chi connectivity index (χ1n) is 7.21. The highest BCUT2D eigenvalue weighted by molar-refractivity contribution is 7.20. The van der Waals surface area contributed by atoms with Gasteiger partial charge in [0.2, 0.25) is 5.91 Å². The fraction of sp³-hybridized carbons (Fsp3) is 0.467. The van der Waals surface area contributed by atoms with Gasteiger partial charge < -0.3 is 10.6 Å². The second kappa shape index (κ2) is 5.31. The van der Waals surface area contributed by atoms with Gasteiger partial charge in [-0.1, -0.05) is 0 Å². The van der Waals surface area contributed by atoms with Crippen LogP contribution in [0.15, 0.2) is 0 Å². The van der Waals surface area contributed by atoms with Crippen LogP contribution in [0, 0.1) is 26.7 Å². The Labute approximate surface area is 132 Å². The molecule has 6 nitrogen and oxygen atoms in total. The minimum atomic E-state index is -0.333. The molecule has 1 aliphatic heterocycles. The zero-order valence-corrected chi connectivity index (χ0v) is 13.7. The Morgan fingerprint density at radius 2 is 2.00 bits per heavy atom. The summed E-state index contributed by atoms with van der Waals surface area (Å²) in [5.41, 5.74) is 7.15. The van der Waals surface area contributed by atoms with E-state index in [0.717, 1.165) is 21.5 Å². The molecule has 0 bridgehead atoms. The zero-order valence-electron chi connectivity index (χ0n) is 12.8. The van der Waals surface area contributed by atoms with Gasteiger partial charge in [-0.15, -0.1) is 11.3 Å². The van der Waals surface area contributed by atoms with Crippen molar-refractivity contribution >= 4 is 33.4 Å². The van der Waals surface area contributed by atoms with E-state index >= 15 is 0 Å². The summed E-state index contributed by atoms with van der Waals surface area (Å²) in [6, 6.07) is 0. The average molecular weight is 318 g/mol. The third-order valence-corrected chi connectivity index (χ3v) is 5.33. The molecule has 2 aromatic heterocycles. The Morgan fingerprint density at radius 3 is 2.64 bits per heavy atom. The molecular weight excluding hydrogens is 300 g/mol. The van der Waals surface area contributed by atoms with Crippen LogP contribution in [0.5, 0.6) is 0 Å². The van der Waals surface area contributed by atoms with E-state index in [2.05, 4.69) is 9.97 Å². The molecule has 1 unspecified atom stereocenters. The van der Waals surface area contributed by atoms with Gasteiger partial charge in [-0.3, -0.25) is 9.59 Å². The summed E-state index contributed by atoms with van der Waals surface area (Å²) in [6.45, 7) is 6.69. The van der Waals surface area contributed by atoms with Crippen LogP contribution < -0.4 is 5.73 Å². The predicted molar refractivity (Wildman–Crippen MR) is 84.8 cm³/mol. The second-order valence-corrected chi connectivity index (χ2v) is 6.73. The van der Waals surface area contributed by atoms with Crippen molar-refractivity contribution in [3.05, 3.63) is 22.0 Å². The Hall–Kier alpha value is -2.02. The number of aryl methyl sites for hydroxylation is 3. The fourth-order valence-electron chi connectivity index (χ4n) is 3.00. The summed E-state index contributed by atoms with van der Waals surface area (Å²) < 4.78 is 0. The quantitative estimate of drug-likeness (QED) is 0.910. The SMILES string of the molecule is Cc1nc(C)c2c(C)c(C(=O)N3CCC(C(N)=O)C3)sc2n1. The summed E-state index contributed by atoms with van der Waals surface area (Å²) in [6.07, 6.45) is 0.642. The number of hydrogen-bond acceptors (Lipinski definition) is 5. The lowest BCUT2D eigenvalue weighted by atomic mass is 10.1. The summed E-state index contributed by atoms with van der Waals surface area (Å²) in [5, 5.41) is 0.963. The molecule has 7 heteroatoms. The van der Waals surface area contributed by atoms with Crippen LogP contribution in [-0.4, -0.2) is 39.8 Å².